The van der Waals surface area contributed by atoms with Crippen molar-refractivity contribution < 1.29 is 9.53 Å². The van der Waals surface area contributed by atoms with Gasteiger partial charge in [0.25, 0.3) is 5.91 Å². The highest BCUT2D eigenvalue weighted by Gasteiger charge is 2.30. The van der Waals surface area contributed by atoms with Gasteiger partial charge >= 0.3 is 0 Å². The van der Waals surface area contributed by atoms with E-state index in [1.807, 2.05) is 23.1 Å². The van der Waals surface area contributed by atoms with E-state index in [4.69, 9.17) is 4.74 Å². The zero-order valence-electron chi connectivity index (χ0n) is 11.6. The van der Waals surface area contributed by atoms with Crippen LogP contribution in [-0.4, -0.2) is 30.5 Å². The molecule has 1 amide bonds. The molecule has 104 valence electrons. The number of hydrogen-bond acceptors (Lipinski definition) is 2. The highest BCUT2D eigenvalue weighted by Crippen LogP contribution is 2.29. The zero-order valence-corrected chi connectivity index (χ0v) is 13.2. The van der Waals surface area contributed by atoms with Crippen molar-refractivity contribution >= 4 is 21.8 Å². The Morgan fingerprint density at radius 2 is 2.16 bits per heavy atom. The normalized spacial score (nSPS) is 23.3. The summed E-state index contributed by atoms with van der Waals surface area (Å²) in [6.07, 6.45) is 2.28. The monoisotopic (exact) mass is 325 g/mol. The van der Waals surface area contributed by atoms with Crippen LogP contribution >= 0.6 is 15.9 Å². The largest absolute Gasteiger partial charge is 0.496 e. The van der Waals surface area contributed by atoms with Gasteiger partial charge in [0.2, 0.25) is 0 Å². The van der Waals surface area contributed by atoms with Crippen molar-refractivity contribution in [3.8, 4) is 5.75 Å². The Morgan fingerprint density at radius 3 is 2.84 bits per heavy atom. The van der Waals surface area contributed by atoms with Crippen LogP contribution in [0.1, 0.15) is 37.0 Å². The summed E-state index contributed by atoms with van der Waals surface area (Å²) in [4.78, 5) is 14.6. The molecule has 2 rings (SSSR count). The summed E-state index contributed by atoms with van der Waals surface area (Å²) in [5.74, 6) is 1.26. The lowest BCUT2D eigenvalue weighted by atomic mass is 9.91. The number of amides is 1. The maximum atomic E-state index is 12.7. The van der Waals surface area contributed by atoms with E-state index in [0.29, 0.717) is 17.2 Å². The number of nitrogens with zero attached hydrogens (tertiary/aromatic N) is 1. The number of rotatable bonds is 2. The topological polar surface area (TPSA) is 29.5 Å². The van der Waals surface area contributed by atoms with Crippen LogP contribution in [0.3, 0.4) is 0 Å². The molecular weight excluding hydrogens is 306 g/mol. The van der Waals surface area contributed by atoms with Gasteiger partial charge in [0, 0.05) is 17.1 Å². The van der Waals surface area contributed by atoms with Crippen LogP contribution in [-0.2, 0) is 0 Å². The molecule has 4 heteroatoms. The van der Waals surface area contributed by atoms with Crippen molar-refractivity contribution in [1.29, 1.82) is 0 Å². The van der Waals surface area contributed by atoms with Crippen molar-refractivity contribution in [2.75, 3.05) is 13.7 Å². The van der Waals surface area contributed by atoms with E-state index in [2.05, 4.69) is 29.8 Å². The summed E-state index contributed by atoms with van der Waals surface area (Å²) in [6.45, 7) is 5.18. The summed E-state index contributed by atoms with van der Waals surface area (Å²) < 4.78 is 6.24. The molecule has 1 aliphatic rings. The van der Waals surface area contributed by atoms with Crippen molar-refractivity contribution in [3.63, 3.8) is 0 Å². The highest BCUT2D eigenvalue weighted by molar-refractivity contribution is 9.10. The third kappa shape index (κ3) is 2.94. The first-order valence-electron chi connectivity index (χ1n) is 6.69. The van der Waals surface area contributed by atoms with Gasteiger partial charge in [-0.3, -0.25) is 4.79 Å². The lowest BCUT2D eigenvalue weighted by Gasteiger charge is -2.38. The number of halogens is 1. The van der Waals surface area contributed by atoms with E-state index in [-0.39, 0.29) is 11.9 Å². The third-order valence-electron chi connectivity index (χ3n) is 4.03. The molecule has 19 heavy (non-hydrogen) atoms. The minimum atomic E-state index is 0.0726. The summed E-state index contributed by atoms with van der Waals surface area (Å²) >= 11 is 3.40. The number of benzene rings is 1. The third-order valence-corrected chi connectivity index (χ3v) is 4.52. The average Bonchev–Trinajstić information content (AvgIpc) is 2.41. The predicted molar refractivity (Wildman–Crippen MR) is 79.6 cm³/mol. The standard InChI is InChI=1S/C15H20BrNO2/c1-10-5-4-8-17(11(10)2)15(18)13-7-6-12(16)9-14(13)19-3/h6-7,9-11H,4-5,8H2,1-3H3. The van der Waals surface area contributed by atoms with Crippen LogP contribution in [0.5, 0.6) is 5.75 Å². The summed E-state index contributed by atoms with van der Waals surface area (Å²) in [6, 6.07) is 5.84. The van der Waals surface area contributed by atoms with Gasteiger partial charge in [-0.2, -0.15) is 0 Å². The molecule has 0 aromatic heterocycles. The number of likely N-dealkylation sites (tertiary alicyclic amines) is 1. The molecule has 0 aliphatic carbocycles. The van der Waals surface area contributed by atoms with Crippen LogP contribution in [0.15, 0.2) is 22.7 Å². The van der Waals surface area contributed by atoms with Gasteiger partial charge in [0.15, 0.2) is 0 Å². The Morgan fingerprint density at radius 1 is 1.42 bits per heavy atom. The Kier molecular flexibility index (Phi) is 4.50. The van der Waals surface area contributed by atoms with Crippen molar-refractivity contribution in [2.24, 2.45) is 5.92 Å². The SMILES string of the molecule is COc1cc(Br)ccc1C(=O)N1CCCC(C)C1C. The van der Waals surface area contributed by atoms with E-state index in [1.54, 1.807) is 7.11 Å². The maximum absolute atomic E-state index is 12.7. The van der Waals surface area contributed by atoms with Crippen LogP contribution in [0, 0.1) is 5.92 Å². The Labute approximate surface area is 123 Å². The molecular formula is C15H20BrNO2. The second kappa shape index (κ2) is 5.95. The van der Waals surface area contributed by atoms with E-state index in [0.717, 1.165) is 17.4 Å². The van der Waals surface area contributed by atoms with Crippen molar-refractivity contribution in [1.82, 2.24) is 4.90 Å². The predicted octanol–water partition coefficient (Wildman–Crippen LogP) is 3.72. The molecule has 1 heterocycles. The Hall–Kier alpha value is -1.03. The van der Waals surface area contributed by atoms with Crippen molar-refractivity contribution in [2.45, 2.75) is 32.7 Å². The quantitative estimate of drug-likeness (QED) is 0.829. The second-order valence-corrected chi connectivity index (χ2v) is 6.12. The molecule has 0 saturated carbocycles. The maximum Gasteiger partial charge on any atom is 0.257 e. The smallest absolute Gasteiger partial charge is 0.257 e. The van der Waals surface area contributed by atoms with Crippen LogP contribution in [0.4, 0.5) is 0 Å². The van der Waals surface area contributed by atoms with Gasteiger partial charge in [-0.05, 0) is 43.9 Å². The van der Waals surface area contributed by atoms with Gasteiger partial charge in [0.1, 0.15) is 5.75 Å². The van der Waals surface area contributed by atoms with Gasteiger partial charge in [-0.15, -0.1) is 0 Å². The molecule has 1 saturated heterocycles. The van der Waals surface area contributed by atoms with Crippen LogP contribution in [0.25, 0.3) is 0 Å². The number of carbonyl (C=O) groups excluding carboxylic acids is 1. The first-order chi connectivity index (χ1) is 9.04. The minimum Gasteiger partial charge on any atom is -0.496 e. The van der Waals surface area contributed by atoms with Gasteiger partial charge in [0.05, 0.1) is 12.7 Å². The molecule has 1 aromatic carbocycles. The van der Waals surface area contributed by atoms with E-state index < -0.39 is 0 Å². The fourth-order valence-corrected chi connectivity index (χ4v) is 2.96. The van der Waals surface area contributed by atoms with E-state index in [1.165, 1.54) is 6.42 Å². The molecule has 0 spiro atoms. The van der Waals surface area contributed by atoms with E-state index in [9.17, 15) is 4.79 Å². The Bertz CT molecular complexity index is 475. The zero-order chi connectivity index (χ0) is 14.0. The van der Waals surface area contributed by atoms with Gasteiger partial charge in [-0.1, -0.05) is 22.9 Å². The molecule has 2 unspecified atom stereocenters. The number of methoxy groups -OCH3 is 1. The van der Waals surface area contributed by atoms with E-state index >= 15 is 0 Å². The number of ether oxygens (including phenoxy) is 1. The first-order valence-corrected chi connectivity index (χ1v) is 7.48. The average molecular weight is 326 g/mol. The van der Waals surface area contributed by atoms with Gasteiger partial charge in [-0.25, -0.2) is 0 Å². The molecule has 3 nitrogen and oxygen atoms in total. The molecule has 2 atom stereocenters. The van der Waals surface area contributed by atoms with Crippen LogP contribution in [0.2, 0.25) is 0 Å². The van der Waals surface area contributed by atoms with Crippen LogP contribution < -0.4 is 4.74 Å². The van der Waals surface area contributed by atoms with Gasteiger partial charge < -0.3 is 9.64 Å². The number of piperidine rings is 1. The highest BCUT2D eigenvalue weighted by atomic mass is 79.9. The first kappa shape index (κ1) is 14.4. The number of hydrogen-bond donors (Lipinski definition) is 0. The molecule has 0 bridgehead atoms. The fourth-order valence-electron chi connectivity index (χ4n) is 2.62. The lowest BCUT2D eigenvalue weighted by Crippen LogP contribution is -2.46. The Balaban J connectivity index is 2.28. The fraction of sp³-hybridized carbons (Fsp3) is 0.533. The molecule has 1 aromatic rings. The summed E-state index contributed by atoms with van der Waals surface area (Å²) in [5.41, 5.74) is 0.645. The van der Waals surface area contributed by atoms with Crippen molar-refractivity contribution in [3.05, 3.63) is 28.2 Å². The minimum absolute atomic E-state index is 0.0726. The summed E-state index contributed by atoms with van der Waals surface area (Å²) in [7, 11) is 1.60. The number of carbonyl (C=O) groups is 1. The second-order valence-electron chi connectivity index (χ2n) is 5.20. The summed E-state index contributed by atoms with van der Waals surface area (Å²) in [5, 5.41) is 0. The molecule has 1 aliphatic heterocycles. The lowest BCUT2D eigenvalue weighted by molar-refractivity contribution is 0.0548. The molecule has 0 radical (unpaired) electrons. The molecule has 0 N–H and O–H groups in total. The molecule has 1 fully saturated rings.